The number of hydrogen-bond acceptors (Lipinski definition) is 5. The van der Waals surface area contributed by atoms with Crippen molar-refractivity contribution in [3.8, 4) is 0 Å². The van der Waals surface area contributed by atoms with Crippen LogP contribution in [0.4, 0.5) is 5.69 Å². The Morgan fingerprint density at radius 2 is 1.85 bits per heavy atom. The van der Waals surface area contributed by atoms with Gasteiger partial charge in [0.25, 0.3) is 0 Å². The highest BCUT2D eigenvalue weighted by molar-refractivity contribution is 7.92. The molecule has 27 heavy (non-hydrogen) atoms. The predicted molar refractivity (Wildman–Crippen MR) is 105 cm³/mol. The second kappa shape index (κ2) is 8.21. The fourth-order valence-electron chi connectivity index (χ4n) is 3.35. The molecule has 0 heterocycles. The average Bonchev–Trinajstić information content (AvgIpc) is 2.63. The minimum Gasteiger partial charge on any atom is -0.387 e. The third-order valence-corrected chi connectivity index (χ3v) is 5.35. The van der Waals surface area contributed by atoms with Crippen molar-refractivity contribution in [3.63, 3.8) is 0 Å². The Hall–Kier alpha value is -2.22. The first kappa shape index (κ1) is 19.5. The molecular formula is C20H24N2O4S. The van der Waals surface area contributed by atoms with Crippen molar-refractivity contribution < 1.29 is 18.3 Å². The Morgan fingerprint density at radius 3 is 2.56 bits per heavy atom. The van der Waals surface area contributed by atoms with Crippen LogP contribution in [0.1, 0.15) is 34.0 Å². The number of aryl methyl sites for hydroxylation is 1. The number of hydrogen-bond donors (Lipinski definition) is 3. The molecule has 0 radical (unpaired) electrons. The Morgan fingerprint density at radius 1 is 1.15 bits per heavy atom. The molecule has 3 N–H and O–H groups in total. The van der Waals surface area contributed by atoms with Crippen molar-refractivity contribution in [1.29, 1.82) is 0 Å². The van der Waals surface area contributed by atoms with E-state index in [1.54, 1.807) is 24.3 Å². The Labute approximate surface area is 159 Å². The Bertz CT molecular complexity index is 910. The van der Waals surface area contributed by atoms with E-state index < -0.39 is 16.1 Å². The zero-order chi connectivity index (χ0) is 19.4. The zero-order valence-electron chi connectivity index (χ0n) is 15.2. The first-order chi connectivity index (χ1) is 12.8. The number of fused-ring (bicyclic) bond motifs is 1. The normalized spacial score (nSPS) is 18.0. The van der Waals surface area contributed by atoms with Crippen LogP contribution >= 0.6 is 0 Å². The van der Waals surface area contributed by atoms with Crippen LogP contribution in [0.2, 0.25) is 0 Å². The van der Waals surface area contributed by atoms with Crippen molar-refractivity contribution in [1.82, 2.24) is 5.32 Å². The summed E-state index contributed by atoms with van der Waals surface area (Å²) in [5.74, 6) is 0.0866. The molecular weight excluding hydrogens is 364 g/mol. The van der Waals surface area contributed by atoms with Gasteiger partial charge in [-0.2, -0.15) is 0 Å². The van der Waals surface area contributed by atoms with Gasteiger partial charge in [-0.3, -0.25) is 9.52 Å². The lowest BCUT2D eigenvalue weighted by Gasteiger charge is -2.24. The van der Waals surface area contributed by atoms with Gasteiger partial charge in [-0.15, -0.1) is 0 Å². The molecule has 0 amide bonds. The SMILES string of the molecule is CS(=O)(=O)Nc1ccc([C@H](O)CNC[C@@H]2CCc3ccccc3C2=O)cc1. The molecule has 6 nitrogen and oxygen atoms in total. The van der Waals surface area contributed by atoms with E-state index in [-0.39, 0.29) is 11.7 Å². The number of sulfonamides is 1. The van der Waals surface area contributed by atoms with Gasteiger partial charge in [0.05, 0.1) is 12.4 Å². The molecule has 0 aliphatic heterocycles. The highest BCUT2D eigenvalue weighted by Crippen LogP contribution is 2.25. The molecule has 1 aliphatic carbocycles. The summed E-state index contributed by atoms with van der Waals surface area (Å²) in [5.41, 5.74) is 3.06. The van der Waals surface area contributed by atoms with Crippen LogP contribution in [0.15, 0.2) is 48.5 Å². The minimum atomic E-state index is -3.32. The van der Waals surface area contributed by atoms with E-state index in [2.05, 4.69) is 10.0 Å². The molecule has 0 saturated heterocycles. The molecule has 2 aromatic carbocycles. The number of benzene rings is 2. The molecule has 0 spiro atoms. The molecule has 2 aromatic rings. The molecule has 144 valence electrons. The molecule has 0 fully saturated rings. The van der Waals surface area contributed by atoms with Crippen molar-refractivity contribution in [2.24, 2.45) is 5.92 Å². The molecule has 0 bridgehead atoms. The van der Waals surface area contributed by atoms with Crippen molar-refractivity contribution in [3.05, 3.63) is 65.2 Å². The highest BCUT2D eigenvalue weighted by atomic mass is 32.2. The summed E-state index contributed by atoms with van der Waals surface area (Å²) in [4.78, 5) is 12.6. The topological polar surface area (TPSA) is 95.5 Å². The second-order valence-corrected chi connectivity index (χ2v) is 8.68. The Balaban J connectivity index is 1.51. The van der Waals surface area contributed by atoms with E-state index in [9.17, 15) is 18.3 Å². The zero-order valence-corrected chi connectivity index (χ0v) is 16.0. The van der Waals surface area contributed by atoms with E-state index in [0.717, 1.165) is 30.2 Å². The van der Waals surface area contributed by atoms with Gasteiger partial charge in [0.1, 0.15) is 0 Å². The maximum Gasteiger partial charge on any atom is 0.229 e. The summed E-state index contributed by atoms with van der Waals surface area (Å²) in [7, 11) is -3.32. The smallest absolute Gasteiger partial charge is 0.229 e. The number of rotatable bonds is 7. The second-order valence-electron chi connectivity index (χ2n) is 6.93. The number of nitrogens with one attached hydrogen (secondary N) is 2. The standard InChI is InChI=1S/C20H24N2O4S/c1-27(25,26)22-17-10-8-15(9-11-17)19(23)13-21-12-16-7-6-14-4-2-3-5-18(14)20(16)24/h2-5,8-11,16,19,21-23H,6-7,12-13H2,1H3/t16-,19+/m0/s1. The van der Waals surface area contributed by atoms with Crippen LogP contribution in [0.3, 0.4) is 0 Å². The molecule has 2 atom stereocenters. The van der Waals surface area contributed by atoms with Gasteiger partial charge < -0.3 is 10.4 Å². The van der Waals surface area contributed by atoms with E-state index in [4.69, 9.17) is 0 Å². The lowest BCUT2D eigenvalue weighted by atomic mass is 9.83. The number of aliphatic hydroxyl groups is 1. The number of anilines is 1. The Kier molecular flexibility index (Phi) is 5.94. The summed E-state index contributed by atoms with van der Waals surface area (Å²) < 4.78 is 24.8. The fraction of sp³-hybridized carbons (Fsp3) is 0.350. The molecule has 1 aliphatic rings. The van der Waals surface area contributed by atoms with Gasteiger partial charge in [-0.05, 0) is 36.1 Å². The fourth-order valence-corrected chi connectivity index (χ4v) is 3.92. The maximum atomic E-state index is 12.6. The number of aliphatic hydroxyl groups excluding tert-OH is 1. The highest BCUT2D eigenvalue weighted by Gasteiger charge is 2.26. The van der Waals surface area contributed by atoms with E-state index in [0.29, 0.717) is 24.3 Å². The van der Waals surface area contributed by atoms with E-state index in [1.165, 1.54) is 0 Å². The van der Waals surface area contributed by atoms with Crippen LogP contribution in [0.25, 0.3) is 0 Å². The number of ketones is 1. The van der Waals surface area contributed by atoms with Gasteiger partial charge in [0, 0.05) is 30.3 Å². The minimum absolute atomic E-state index is 0.0755. The summed E-state index contributed by atoms with van der Waals surface area (Å²) in [5, 5.41) is 13.5. The molecule has 7 heteroatoms. The summed E-state index contributed by atoms with van der Waals surface area (Å²) in [6.45, 7) is 0.849. The molecule has 0 aromatic heterocycles. The molecule has 3 rings (SSSR count). The van der Waals surface area contributed by atoms with E-state index in [1.807, 2.05) is 24.3 Å². The quantitative estimate of drug-likeness (QED) is 0.675. The predicted octanol–water partition coefficient (Wildman–Crippen LogP) is 2.13. The van der Waals surface area contributed by atoms with Crippen molar-refractivity contribution in [2.75, 3.05) is 24.1 Å². The lowest BCUT2D eigenvalue weighted by Crippen LogP contribution is -2.34. The van der Waals surface area contributed by atoms with Crippen LogP contribution in [-0.2, 0) is 16.4 Å². The van der Waals surface area contributed by atoms with Crippen LogP contribution < -0.4 is 10.0 Å². The van der Waals surface area contributed by atoms with Gasteiger partial charge in [0.15, 0.2) is 5.78 Å². The van der Waals surface area contributed by atoms with Crippen molar-refractivity contribution in [2.45, 2.75) is 18.9 Å². The third kappa shape index (κ3) is 5.15. The number of carbonyl (C=O) groups excluding carboxylic acids is 1. The molecule has 0 unspecified atom stereocenters. The number of carbonyl (C=O) groups is 1. The van der Waals surface area contributed by atoms with E-state index >= 15 is 0 Å². The van der Waals surface area contributed by atoms with Crippen molar-refractivity contribution >= 4 is 21.5 Å². The van der Waals surface area contributed by atoms with Crippen LogP contribution in [0, 0.1) is 5.92 Å². The van der Waals surface area contributed by atoms with Gasteiger partial charge in [0.2, 0.25) is 10.0 Å². The average molecular weight is 388 g/mol. The lowest BCUT2D eigenvalue weighted by molar-refractivity contribution is 0.0895. The molecule has 0 saturated carbocycles. The first-order valence-corrected chi connectivity index (χ1v) is 10.8. The van der Waals surface area contributed by atoms with Gasteiger partial charge >= 0.3 is 0 Å². The summed E-state index contributed by atoms with van der Waals surface area (Å²) in [6.07, 6.45) is 2.06. The van der Waals surface area contributed by atoms with Crippen LogP contribution in [0.5, 0.6) is 0 Å². The monoisotopic (exact) mass is 388 g/mol. The first-order valence-electron chi connectivity index (χ1n) is 8.92. The third-order valence-electron chi connectivity index (χ3n) is 4.74. The summed E-state index contributed by atoms with van der Waals surface area (Å²) >= 11 is 0. The summed E-state index contributed by atoms with van der Waals surface area (Å²) in [6, 6.07) is 14.3. The number of Topliss-reactive ketones (excluding diaryl/α,β-unsaturated/α-hetero) is 1. The largest absolute Gasteiger partial charge is 0.387 e. The maximum absolute atomic E-state index is 12.6. The van der Waals surface area contributed by atoms with Gasteiger partial charge in [-0.25, -0.2) is 8.42 Å². The van der Waals surface area contributed by atoms with Gasteiger partial charge in [-0.1, -0.05) is 36.4 Å². The van der Waals surface area contributed by atoms with Crippen LogP contribution in [-0.4, -0.2) is 38.7 Å².